The Hall–Kier alpha value is -2.16. The van der Waals surface area contributed by atoms with Crippen LogP contribution in [-0.2, 0) is 23.9 Å². The lowest BCUT2D eigenvalue weighted by Gasteiger charge is -2.29. The third-order valence-corrected chi connectivity index (χ3v) is 4.43. The van der Waals surface area contributed by atoms with Crippen molar-refractivity contribution < 1.29 is 29.6 Å². The molecule has 0 bridgehead atoms. The van der Waals surface area contributed by atoms with Crippen LogP contribution in [0.5, 0.6) is 0 Å². The highest BCUT2D eigenvalue weighted by molar-refractivity contribution is 5.94. The molecule has 0 aliphatic carbocycles. The summed E-state index contributed by atoms with van der Waals surface area (Å²) < 4.78 is 4.73. The Bertz CT molecular complexity index is 549. The van der Waals surface area contributed by atoms with Gasteiger partial charge in [0, 0.05) is 6.54 Å². The summed E-state index contributed by atoms with van der Waals surface area (Å²) in [7, 11) is 1.27. The molecule has 1 saturated heterocycles. The molecule has 1 fully saturated rings. The van der Waals surface area contributed by atoms with Crippen LogP contribution in [0.3, 0.4) is 0 Å². The van der Waals surface area contributed by atoms with Crippen LogP contribution in [0.1, 0.15) is 40.5 Å². The maximum atomic E-state index is 12.6. The summed E-state index contributed by atoms with van der Waals surface area (Å²) in [6, 6.07) is -2.66. The van der Waals surface area contributed by atoms with Crippen molar-refractivity contribution in [2.45, 2.75) is 64.7 Å². The number of quaternary nitrogens is 1. The standard InChI is InChI=1S/C17H30N4O5/c1-9(2)13(17(25)26-5)20-15(23)12-7-6-8-21(12)16(24)11(4)19-14(22)10(3)18/h9-13H,6-8,18H2,1-5H3,(H,19,22)(H,20,23)/p+1/t10-,11-,12-,13-/m0/s1. The molecule has 0 aromatic rings. The van der Waals surface area contributed by atoms with Crippen LogP contribution in [0.15, 0.2) is 0 Å². The molecule has 4 atom stereocenters. The molecule has 0 saturated carbocycles. The molecule has 0 aromatic carbocycles. The maximum Gasteiger partial charge on any atom is 0.328 e. The van der Waals surface area contributed by atoms with Crippen molar-refractivity contribution in [3.8, 4) is 0 Å². The Kier molecular flexibility index (Phi) is 8.01. The number of carbonyl (C=O) groups is 4. The number of hydrogen-bond donors (Lipinski definition) is 3. The summed E-state index contributed by atoms with van der Waals surface area (Å²) in [5.74, 6) is -1.69. The highest BCUT2D eigenvalue weighted by Crippen LogP contribution is 2.19. The number of amides is 3. The van der Waals surface area contributed by atoms with E-state index in [0.717, 1.165) is 0 Å². The van der Waals surface area contributed by atoms with E-state index >= 15 is 0 Å². The average molecular weight is 371 g/mol. The molecule has 1 aliphatic rings. The molecular weight excluding hydrogens is 340 g/mol. The van der Waals surface area contributed by atoms with E-state index in [-0.39, 0.29) is 23.6 Å². The lowest BCUT2D eigenvalue weighted by Crippen LogP contribution is -2.67. The highest BCUT2D eigenvalue weighted by Gasteiger charge is 2.38. The smallest absolute Gasteiger partial charge is 0.328 e. The normalized spacial score (nSPS) is 20.3. The quantitative estimate of drug-likeness (QED) is 0.465. The van der Waals surface area contributed by atoms with Gasteiger partial charge in [-0.25, -0.2) is 4.79 Å². The first-order valence-electron chi connectivity index (χ1n) is 8.92. The van der Waals surface area contributed by atoms with E-state index in [1.54, 1.807) is 27.7 Å². The first kappa shape index (κ1) is 21.9. The summed E-state index contributed by atoms with van der Waals surface area (Å²) in [5.41, 5.74) is 3.62. The lowest BCUT2D eigenvalue weighted by molar-refractivity contribution is -0.398. The van der Waals surface area contributed by atoms with Crippen LogP contribution in [0, 0.1) is 5.92 Å². The van der Waals surface area contributed by atoms with E-state index in [1.165, 1.54) is 12.0 Å². The summed E-state index contributed by atoms with van der Waals surface area (Å²) in [4.78, 5) is 50.3. The van der Waals surface area contributed by atoms with E-state index in [9.17, 15) is 19.2 Å². The van der Waals surface area contributed by atoms with Crippen LogP contribution >= 0.6 is 0 Å². The number of carbonyl (C=O) groups excluding carboxylic acids is 4. The van der Waals surface area contributed by atoms with Gasteiger partial charge in [-0.05, 0) is 32.6 Å². The zero-order chi connectivity index (χ0) is 20.0. The SMILES string of the molecule is COC(=O)[C@@H](NC(=O)[C@@H]1CCCN1C(=O)[C@H](C)NC(=O)[C@H](C)[NH3+])C(C)C. The van der Waals surface area contributed by atoms with E-state index in [0.29, 0.717) is 19.4 Å². The number of nitrogens with one attached hydrogen (secondary N) is 2. The molecule has 5 N–H and O–H groups in total. The largest absolute Gasteiger partial charge is 0.467 e. The monoisotopic (exact) mass is 371 g/mol. The number of esters is 1. The molecule has 0 radical (unpaired) electrons. The third-order valence-electron chi connectivity index (χ3n) is 4.43. The van der Waals surface area contributed by atoms with Crippen LogP contribution in [-0.4, -0.2) is 66.4 Å². The van der Waals surface area contributed by atoms with E-state index in [2.05, 4.69) is 16.4 Å². The highest BCUT2D eigenvalue weighted by atomic mass is 16.5. The van der Waals surface area contributed by atoms with Gasteiger partial charge in [0.25, 0.3) is 5.91 Å². The molecule has 0 aromatic heterocycles. The van der Waals surface area contributed by atoms with Gasteiger partial charge in [0.05, 0.1) is 7.11 Å². The molecule has 9 heteroatoms. The Morgan fingerprint density at radius 3 is 2.23 bits per heavy atom. The number of ether oxygens (including phenoxy) is 1. The number of hydrogen-bond acceptors (Lipinski definition) is 5. The molecule has 3 amide bonds. The van der Waals surface area contributed by atoms with Crippen molar-refractivity contribution in [2.24, 2.45) is 5.92 Å². The minimum Gasteiger partial charge on any atom is -0.467 e. The molecule has 0 spiro atoms. The van der Waals surface area contributed by atoms with Crippen molar-refractivity contribution >= 4 is 23.7 Å². The van der Waals surface area contributed by atoms with Gasteiger partial charge < -0.3 is 26.0 Å². The fraction of sp³-hybridized carbons (Fsp3) is 0.765. The topological polar surface area (TPSA) is 132 Å². The molecule has 1 aliphatic heterocycles. The maximum absolute atomic E-state index is 12.6. The fourth-order valence-corrected chi connectivity index (χ4v) is 2.84. The Morgan fingerprint density at radius 1 is 1.12 bits per heavy atom. The minimum absolute atomic E-state index is 0.145. The van der Waals surface area contributed by atoms with Crippen LogP contribution in [0.25, 0.3) is 0 Å². The number of rotatable bonds is 7. The third kappa shape index (κ3) is 5.42. The van der Waals surface area contributed by atoms with Crippen LogP contribution in [0.2, 0.25) is 0 Å². The summed E-state index contributed by atoms with van der Waals surface area (Å²) in [5, 5.41) is 5.29. The van der Waals surface area contributed by atoms with E-state index in [4.69, 9.17) is 4.74 Å². The van der Waals surface area contributed by atoms with Gasteiger partial charge in [0.15, 0.2) is 6.04 Å². The average Bonchev–Trinajstić information content (AvgIpc) is 3.07. The summed E-state index contributed by atoms with van der Waals surface area (Å²) >= 11 is 0. The summed E-state index contributed by atoms with van der Waals surface area (Å²) in [6.45, 7) is 7.26. The minimum atomic E-state index is -0.769. The Morgan fingerprint density at radius 2 is 1.73 bits per heavy atom. The second kappa shape index (κ2) is 9.51. The zero-order valence-electron chi connectivity index (χ0n) is 16.2. The number of methoxy groups -OCH3 is 1. The number of likely N-dealkylation sites (tertiary alicyclic amines) is 1. The predicted octanol–water partition coefficient (Wildman–Crippen LogP) is -1.57. The first-order chi connectivity index (χ1) is 12.1. The first-order valence-corrected chi connectivity index (χ1v) is 8.92. The molecule has 1 heterocycles. The van der Waals surface area contributed by atoms with Gasteiger partial charge in [-0.15, -0.1) is 0 Å². The van der Waals surface area contributed by atoms with Crippen molar-refractivity contribution in [1.82, 2.24) is 15.5 Å². The molecule has 148 valence electrons. The van der Waals surface area contributed by atoms with Gasteiger partial charge in [-0.2, -0.15) is 0 Å². The van der Waals surface area contributed by atoms with Gasteiger partial charge in [-0.1, -0.05) is 13.8 Å². The van der Waals surface area contributed by atoms with E-state index in [1.807, 2.05) is 0 Å². The van der Waals surface area contributed by atoms with Gasteiger partial charge in [0.1, 0.15) is 18.1 Å². The Labute approximate surface area is 154 Å². The lowest BCUT2D eigenvalue weighted by atomic mass is 10.0. The second-order valence-corrected chi connectivity index (χ2v) is 7.07. The Balaban J connectivity index is 2.79. The molecule has 1 rings (SSSR count). The predicted molar refractivity (Wildman–Crippen MR) is 93.5 cm³/mol. The molecule has 0 unspecified atom stereocenters. The van der Waals surface area contributed by atoms with Gasteiger partial charge in [0.2, 0.25) is 11.8 Å². The van der Waals surface area contributed by atoms with Gasteiger partial charge in [-0.3, -0.25) is 14.4 Å². The second-order valence-electron chi connectivity index (χ2n) is 7.07. The van der Waals surface area contributed by atoms with Crippen molar-refractivity contribution in [3.63, 3.8) is 0 Å². The molecule has 9 nitrogen and oxygen atoms in total. The van der Waals surface area contributed by atoms with Crippen molar-refractivity contribution in [3.05, 3.63) is 0 Å². The van der Waals surface area contributed by atoms with Crippen LogP contribution in [0.4, 0.5) is 0 Å². The van der Waals surface area contributed by atoms with Crippen molar-refractivity contribution in [2.75, 3.05) is 13.7 Å². The molecular formula is C17H31N4O5+. The van der Waals surface area contributed by atoms with E-state index < -0.39 is 30.1 Å². The van der Waals surface area contributed by atoms with Gasteiger partial charge >= 0.3 is 5.97 Å². The molecule has 26 heavy (non-hydrogen) atoms. The number of nitrogens with zero attached hydrogens (tertiary/aromatic N) is 1. The zero-order valence-corrected chi connectivity index (χ0v) is 16.2. The van der Waals surface area contributed by atoms with Crippen molar-refractivity contribution in [1.29, 1.82) is 0 Å². The fourth-order valence-electron chi connectivity index (χ4n) is 2.84. The summed E-state index contributed by atoms with van der Waals surface area (Å²) in [6.07, 6.45) is 1.19. The van der Waals surface area contributed by atoms with Crippen LogP contribution < -0.4 is 16.4 Å².